The monoisotopic (exact) mass is 188 g/mol. The summed E-state index contributed by atoms with van der Waals surface area (Å²) in [4.78, 5) is 8.59. The quantitative estimate of drug-likeness (QED) is 0.690. The van der Waals surface area contributed by atoms with E-state index in [2.05, 4.69) is 9.97 Å². The molecule has 0 unspecified atom stereocenters. The summed E-state index contributed by atoms with van der Waals surface area (Å²) in [5, 5.41) is 0. The maximum absolute atomic E-state index is 5.68. The van der Waals surface area contributed by atoms with Gasteiger partial charge in [0.05, 0.1) is 0 Å². The molecule has 0 N–H and O–H groups in total. The van der Waals surface area contributed by atoms with Crippen LogP contribution in [0.1, 0.15) is 37.5 Å². The van der Waals surface area contributed by atoms with Gasteiger partial charge in [0.1, 0.15) is 0 Å². The largest absolute Gasteiger partial charge is 0.439 e. The van der Waals surface area contributed by atoms with Crippen molar-refractivity contribution in [3.05, 3.63) is 24.2 Å². The molecule has 1 fully saturated rings. The standard InChI is InChI=1S/C11H12N2O/c1-2-5-8(4-1)11-13-10-9(14-11)6-3-7-12-10/h3,6-8H,1-2,4-5H2. The minimum absolute atomic E-state index is 0.532. The van der Waals surface area contributed by atoms with Gasteiger partial charge in [-0.2, -0.15) is 4.98 Å². The van der Waals surface area contributed by atoms with Crippen molar-refractivity contribution in [3.8, 4) is 0 Å². The van der Waals surface area contributed by atoms with Gasteiger partial charge < -0.3 is 4.42 Å². The van der Waals surface area contributed by atoms with Crippen molar-refractivity contribution >= 4 is 11.2 Å². The predicted octanol–water partition coefficient (Wildman–Crippen LogP) is 2.88. The highest BCUT2D eigenvalue weighted by molar-refractivity contribution is 5.66. The van der Waals surface area contributed by atoms with E-state index in [1.807, 2.05) is 12.1 Å². The second kappa shape index (κ2) is 3.08. The van der Waals surface area contributed by atoms with Crippen molar-refractivity contribution in [1.29, 1.82) is 0 Å². The van der Waals surface area contributed by atoms with Crippen LogP contribution in [0.5, 0.6) is 0 Å². The highest BCUT2D eigenvalue weighted by Gasteiger charge is 2.22. The highest BCUT2D eigenvalue weighted by atomic mass is 16.3. The molecule has 0 aromatic carbocycles. The Kier molecular flexibility index (Phi) is 1.76. The first kappa shape index (κ1) is 7.97. The first-order chi connectivity index (χ1) is 6.93. The molecule has 3 nitrogen and oxygen atoms in total. The van der Waals surface area contributed by atoms with Crippen LogP contribution in [-0.4, -0.2) is 9.97 Å². The molecule has 0 amide bonds. The maximum atomic E-state index is 5.68. The molecule has 0 radical (unpaired) electrons. The van der Waals surface area contributed by atoms with Crippen LogP contribution in [0.15, 0.2) is 22.7 Å². The van der Waals surface area contributed by atoms with Crippen LogP contribution in [0.3, 0.4) is 0 Å². The predicted molar refractivity (Wildman–Crippen MR) is 53.0 cm³/mol. The van der Waals surface area contributed by atoms with Crippen LogP contribution in [0.2, 0.25) is 0 Å². The van der Waals surface area contributed by atoms with Crippen LogP contribution in [0.25, 0.3) is 11.2 Å². The topological polar surface area (TPSA) is 38.9 Å². The van der Waals surface area contributed by atoms with Crippen LogP contribution >= 0.6 is 0 Å². The van der Waals surface area contributed by atoms with Gasteiger partial charge in [0.15, 0.2) is 17.1 Å². The SMILES string of the molecule is c1cnc2nc(C3CCCC3)oc2c1. The highest BCUT2D eigenvalue weighted by Crippen LogP contribution is 2.34. The molecule has 3 heteroatoms. The summed E-state index contributed by atoms with van der Waals surface area (Å²) in [6, 6.07) is 3.81. The molecule has 14 heavy (non-hydrogen) atoms. The normalized spacial score (nSPS) is 18.0. The molecular formula is C11H12N2O. The molecule has 1 saturated carbocycles. The molecule has 2 aromatic rings. The lowest BCUT2D eigenvalue weighted by Crippen LogP contribution is -1.91. The first-order valence-corrected chi connectivity index (χ1v) is 5.15. The number of aromatic nitrogens is 2. The third kappa shape index (κ3) is 1.20. The van der Waals surface area contributed by atoms with E-state index in [4.69, 9.17) is 4.42 Å². The second-order valence-electron chi connectivity index (χ2n) is 3.86. The Hall–Kier alpha value is -1.38. The Balaban J connectivity index is 2.05. The molecule has 3 rings (SSSR count). The molecule has 1 aliphatic rings. The van der Waals surface area contributed by atoms with Gasteiger partial charge in [-0.1, -0.05) is 12.8 Å². The van der Waals surface area contributed by atoms with E-state index in [9.17, 15) is 0 Å². The van der Waals surface area contributed by atoms with Crippen molar-refractivity contribution < 1.29 is 4.42 Å². The Labute approximate surface area is 82.2 Å². The molecule has 2 heterocycles. The Morgan fingerprint density at radius 2 is 2.14 bits per heavy atom. The molecule has 72 valence electrons. The summed E-state index contributed by atoms with van der Waals surface area (Å²) in [7, 11) is 0. The average molecular weight is 188 g/mol. The maximum Gasteiger partial charge on any atom is 0.200 e. The van der Waals surface area contributed by atoms with Crippen molar-refractivity contribution in [3.63, 3.8) is 0 Å². The molecule has 1 aliphatic carbocycles. The molecule has 0 aliphatic heterocycles. The van der Waals surface area contributed by atoms with Crippen LogP contribution < -0.4 is 0 Å². The number of hydrogen-bond acceptors (Lipinski definition) is 3. The molecule has 0 atom stereocenters. The second-order valence-corrected chi connectivity index (χ2v) is 3.86. The van der Waals surface area contributed by atoms with Crippen molar-refractivity contribution in [2.75, 3.05) is 0 Å². The zero-order chi connectivity index (χ0) is 9.38. The van der Waals surface area contributed by atoms with Gasteiger partial charge in [0.2, 0.25) is 0 Å². The summed E-state index contributed by atoms with van der Waals surface area (Å²) in [5.74, 6) is 1.42. The van der Waals surface area contributed by atoms with E-state index in [0.717, 1.165) is 17.1 Å². The first-order valence-electron chi connectivity index (χ1n) is 5.15. The van der Waals surface area contributed by atoms with Crippen molar-refractivity contribution in [2.45, 2.75) is 31.6 Å². The van der Waals surface area contributed by atoms with Crippen LogP contribution in [0.4, 0.5) is 0 Å². The lowest BCUT2D eigenvalue weighted by atomic mass is 10.1. The molecular weight excluding hydrogens is 176 g/mol. The summed E-state index contributed by atoms with van der Waals surface area (Å²) in [5.41, 5.74) is 1.56. The van der Waals surface area contributed by atoms with E-state index in [1.165, 1.54) is 25.7 Å². The Bertz CT molecular complexity index is 410. The fraction of sp³-hybridized carbons (Fsp3) is 0.455. The molecule has 0 spiro atoms. The summed E-state index contributed by atoms with van der Waals surface area (Å²) in [6.07, 6.45) is 6.79. The van der Waals surface area contributed by atoms with Gasteiger partial charge in [-0.05, 0) is 25.0 Å². The third-order valence-corrected chi connectivity index (χ3v) is 2.89. The lowest BCUT2D eigenvalue weighted by Gasteiger charge is -2.00. The Morgan fingerprint density at radius 1 is 1.29 bits per heavy atom. The molecule has 0 saturated heterocycles. The number of pyridine rings is 1. The summed E-state index contributed by atoms with van der Waals surface area (Å²) >= 11 is 0. The average Bonchev–Trinajstić information content (AvgIpc) is 2.86. The van der Waals surface area contributed by atoms with E-state index >= 15 is 0 Å². The van der Waals surface area contributed by atoms with E-state index in [0.29, 0.717) is 5.92 Å². The number of fused-ring (bicyclic) bond motifs is 1. The Morgan fingerprint density at radius 3 is 2.93 bits per heavy atom. The van der Waals surface area contributed by atoms with E-state index in [1.54, 1.807) is 6.20 Å². The smallest absolute Gasteiger partial charge is 0.200 e. The minimum Gasteiger partial charge on any atom is -0.439 e. The van der Waals surface area contributed by atoms with E-state index < -0.39 is 0 Å². The van der Waals surface area contributed by atoms with Crippen LogP contribution in [-0.2, 0) is 0 Å². The number of hydrogen-bond donors (Lipinski definition) is 0. The van der Waals surface area contributed by atoms with Gasteiger partial charge >= 0.3 is 0 Å². The number of rotatable bonds is 1. The molecule has 2 aromatic heterocycles. The fourth-order valence-corrected chi connectivity index (χ4v) is 2.13. The van der Waals surface area contributed by atoms with Gasteiger partial charge in [-0.15, -0.1) is 0 Å². The number of oxazole rings is 1. The van der Waals surface area contributed by atoms with Gasteiger partial charge in [-0.3, -0.25) is 0 Å². The lowest BCUT2D eigenvalue weighted by molar-refractivity contribution is 0.474. The summed E-state index contributed by atoms with van der Waals surface area (Å²) < 4.78 is 5.68. The molecule has 0 bridgehead atoms. The van der Waals surface area contributed by atoms with Gasteiger partial charge in [-0.25, -0.2) is 4.98 Å². The van der Waals surface area contributed by atoms with Crippen LogP contribution in [0, 0.1) is 0 Å². The van der Waals surface area contributed by atoms with Crippen molar-refractivity contribution in [2.24, 2.45) is 0 Å². The van der Waals surface area contributed by atoms with Gasteiger partial charge in [0, 0.05) is 12.1 Å². The fourth-order valence-electron chi connectivity index (χ4n) is 2.13. The summed E-state index contributed by atoms with van der Waals surface area (Å²) in [6.45, 7) is 0. The van der Waals surface area contributed by atoms with Crippen molar-refractivity contribution in [1.82, 2.24) is 9.97 Å². The third-order valence-electron chi connectivity index (χ3n) is 2.89. The zero-order valence-corrected chi connectivity index (χ0v) is 7.94. The zero-order valence-electron chi connectivity index (χ0n) is 7.94. The number of nitrogens with zero attached hydrogens (tertiary/aromatic N) is 2. The minimum atomic E-state index is 0.532. The van der Waals surface area contributed by atoms with Gasteiger partial charge in [0.25, 0.3) is 0 Å². The van der Waals surface area contributed by atoms with E-state index in [-0.39, 0.29) is 0 Å².